The topological polar surface area (TPSA) is 76.0 Å². The maximum absolute atomic E-state index is 11.3. The Bertz CT molecular complexity index is 1420. The van der Waals surface area contributed by atoms with E-state index in [9.17, 15) is 5.11 Å². The Balaban J connectivity index is 1.45. The van der Waals surface area contributed by atoms with E-state index >= 15 is 0 Å². The minimum absolute atomic E-state index is 0.104. The third-order valence-corrected chi connectivity index (χ3v) is 7.20. The van der Waals surface area contributed by atoms with E-state index in [-0.39, 0.29) is 11.9 Å². The first-order valence-corrected chi connectivity index (χ1v) is 11.6. The van der Waals surface area contributed by atoms with Crippen LogP contribution >= 0.6 is 11.3 Å². The van der Waals surface area contributed by atoms with Crippen molar-refractivity contribution in [1.29, 1.82) is 0 Å². The molecule has 0 spiro atoms. The Morgan fingerprint density at radius 1 is 1.09 bits per heavy atom. The summed E-state index contributed by atoms with van der Waals surface area (Å²) in [6.07, 6.45) is 2.55. The van der Waals surface area contributed by atoms with Crippen molar-refractivity contribution in [2.75, 3.05) is 13.7 Å². The van der Waals surface area contributed by atoms with Crippen LogP contribution in [0.15, 0.2) is 71.3 Å². The molecular formula is C25H22N4O3S. The van der Waals surface area contributed by atoms with Gasteiger partial charge < -0.3 is 14.3 Å². The van der Waals surface area contributed by atoms with Gasteiger partial charge in [-0.15, -0.1) is 5.10 Å². The monoisotopic (exact) mass is 458 g/mol. The van der Waals surface area contributed by atoms with Gasteiger partial charge in [0.25, 0.3) is 0 Å². The van der Waals surface area contributed by atoms with Crippen LogP contribution in [0.1, 0.15) is 27.6 Å². The summed E-state index contributed by atoms with van der Waals surface area (Å²) >= 11 is 1.45. The predicted octanol–water partition coefficient (Wildman–Crippen LogP) is 4.91. The molecule has 0 unspecified atom stereocenters. The normalized spacial score (nSPS) is 14.9. The van der Waals surface area contributed by atoms with Crippen LogP contribution in [0.2, 0.25) is 0 Å². The lowest BCUT2D eigenvalue weighted by atomic mass is 9.95. The van der Waals surface area contributed by atoms with Crippen LogP contribution in [0.4, 0.5) is 0 Å². The highest BCUT2D eigenvalue weighted by molar-refractivity contribution is 7.17. The van der Waals surface area contributed by atoms with Crippen LogP contribution < -0.4 is 4.74 Å². The van der Waals surface area contributed by atoms with E-state index in [0.29, 0.717) is 16.5 Å². The van der Waals surface area contributed by atoms with Gasteiger partial charge in [-0.25, -0.2) is 0 Å². The molecule has 1 atom stereocenters. The minimum atomic E-state index is -0.158. The maximum Gasteiger partial charge on any atom is 0.230 e. The quantitative estimate of drug-likeness (QED) is 0.403. The number of benzene rings is 2. The van der Waals surface area contributed by atoms with Crippen LogP contribution in [0.3, 0.4) is 0 Å². The van der Waals surface area contributed by atoms with Gasteiger partial charge in [0.05, 0.1) is 24.3 Å². The standard InChI is InChI=1S/C25H22N4O3S/c1-31-19-9-4-8-17(14-19)21(28-12-11-16-6-2-3-7-18(16)15-28)22-24(30)29-25(33-22)26-23(27-29)20-10-5-13-32-20/h2-10,13-14,21,30H,11-12,15H2,1H3/t21-/m1/s1. The van der Waals surface area contributed by atoms with E-state index in [2.05, 4.69) is 45.3 Å². The minimum Gasteiger partial charge on any atom is -0.497 e. The highest BCUT2D eigenvalue weighted by atomic mass is 32.1. The molecule has 3 aromatic heterocycles. The molecule has 0 saturated carbocycles. The highest BCUT2D eigenvalue weighted by Gasteiger charge is 2.32. The molecule has 1 aliphatic heterocycles. The van der Waals surface area contributed by atoms with Crippen molar-refractivity contribution in [2.24, 2.45) is 0 Å². The number of hydrogen-bond donors (Lipinski definition) is 1. The van der Waals surface area contributed by atoms with E-state index in [1.54, 1.807) is 19.4 Å². The number of aromatic hydroxyl groups is 1. The molecule has 2 aromatic carbocycles. The van der Waals surface area contributed by atoms with Crippen LogP contribution in [-0.4, -0.2) is 38.3 Å². The number of fused-ring (bicyclic) bond motifs is 2. The van der Waals surface area contributed by atoms with Gasteiger partial charge in [-0.3, -0.25) is 4.90 Å². The summed E-state index contributed by atoms with van der Waals surface area (Å²) in [4.78, 5) is 8.43. The van der Waals surface area contributed by atoms with Crippen LogP contribution in [0, 0.1) is 0 Å². The molecule has 1 N–H and O–H groups in total. The van der Waals surface area contributed by atoms with Crippen molar-refractivity contribution < 1.29 is 14.3 Å². The molecule has 0 radical (unpaired) electrons. The molecule has 1 aliphatic rings. The third-order valence-electron chi connectivity index (χ3n) is 6.12. The molecule has 7 nitrogen and oxygen atoms in total. The summed E-state index contributed by atoms with van der Waals surface area (Å²) in [5.41, 5.74) is 3.75. The molecule has 0 bridgehead atoms. The largest absolute Gasteiger partial charge is 0.497 e. The van der Waals surface area contributed by atoms with Gasteiger partial charge >= 0.3 is 0 Å². The fourth-order valence-corrected chi connectivity index (χ4v) is 5.63. The smallest absolute Gasteiger partial charge is 0.230 e. The van der Waals surface area contributed by atoms with Crippen molar-refractivity contribution in [2.45, 2.75) is 19.0 Å². The summed E-state index contributed by atoms with van der Waals surface area (Å²) in [6.45, 7) is 1.67. The zero-order valence-corrected chi connectivity index (χ0v) is 18.8. The van der Waals surface area contributed by atoms with Gasteiger partial charge in [-0.2, -0.15) is 9.50 Å². The number of hydrogen-bond acceptors (Lipinski definition) is 7. The zero-order chi connectivity index (χ0) is 22.4. The Labute approximate surface area is 194 Å². The maximum atomic E-state index is 11.3. The Hall–Kier alpha value is -3.62. The first-order valence-electron chi connectivity index (χ1n) is 10.8. The molecule has 6 rings (SSSR count). The van der Waals surface area contributed by atoms with Crippen molar-refractivity contribution in [3.8, 4) is 23.2 Å². The molecule has 0 saturated heterocycles. The number of thiazole rings is 1. The molecule has 4 heterocycles. The van der Waals surface area contributed by atoms with E-state index in [4.69, 9.17) is 9.15 Å². The summed E-state index contributed by atoms with van der Waals surface area (Å²) in [5.74, 6) is 1.92. The molecule has 5 aromatic rings. The lowest BCUT2D eigenvalue weighted by Crippen LogP contribution is -2.34. The number of nitrogens with zero attached hydrogens (tertiary/aromatic N) is 4. The van der Waals surface area contributed by atoms with Gasteiger partial charge in [-0.05, 0) is 47.4 Å². The first-order chi connectivity index (χ1) is 16.2. The van der Waals surface area contributed by atoms with E-state index in [1.807, 2.05) is 24.3 Å². The fraction of sp³-hybridized carbons (Fsp3) is 0.200. The lowest BCUT2D eigenvalue weighted by Gasteiger charge is -2.35. The molecular weight excluding hydrogens is 436 g/mol. The second-order valence-corrected chi connectivity index (χ2v) is 9.07. The van der Waals surface area contributed by atoms with Crippen molar-refractivity contribution in [3.63, 3.8) is 0 Å². The Morgan fingerprint density at radius 2 is 1.97 bits per heavy atom. The van der Waals surface area contributed by atoms with E-state index in [0.717, 1.165) is 35.7 Å². The van der Waals surface area contributed by atoms with Gasteiger partial charge in [0, 0.05) is 13.1 Å². The van der Waals surface area contributed by atoms with Gasteiger partial charge in [0.2, 0.25) is 16.7 Å². The number of ether oxygens (including phenoxy) is 1. The number of methoxy groups -OCH3 is 1. The summed E-state index contributed by atoms with van der Waals surface area (Å²) in [7, 11) is 1.67. The average molecular weight is 459 g/mol. The van der Waals surface area contributed by atoms with Gasteiger partial charge in [-0.1, -0.05) is 47.7 Å². The van der Waals surface area contributed by atoms with Crippen LogP contribution in [0.5, 0.6) is 11.6 Å². The van der Waals surface area contributed by atoms with Crippen molar-refractivity contribution in [3.05, 3.63) is 88.5 Å². The van der Waals surface area contributed by atoms with E-state index in [1.165, 1.54) is 27.0 Å². The van der Waals surface area contributed by atoms with Crippen LogP contribution in [-0.2, 0) is 13.0 Å². The zero-order valence-electron chi connectivity index (χ0n) is 18.0. The van der Waals surface area contributed by atoms with E-state index < -0.39 is 0 Å². The van der Waals surface area contributed by atoms with Gasteiger partial charge in [0.1, 0.15) is 5.75 Å². The summed E-state index contributed by atoms with van der Waals surface area (Å²) in [5, 5.41) is 15.8. The predicted molar refractivity (Wildman–Crippen MR) is 126 cm³/mol. The van der Waals surface area contributed by atoms with Crippen molar-refractivity contribution >= 4 is 16.3 Å². The second-order valence-electron chi connectivity index (χ2n) is 8.07. The second kappa shape index (κ2) is 8.06. The summed E-state index contributed by atoms with van der Waals surface area (Å²) in [6, 6.07) is 20.0. The lowest BCUT2D eigenvalue weighted by molar-refractivity contribution is 0.205. The molecule has 8 heteroatoms. The molecule has 33 heavy (non-hydrogen) atoms. The highest BCUT2D eigenvalue weighted by Crippen LogP contribution is 2.42. The number of rotatable bonds is 5. The Kier molecular flexibility index (Phi) is 4.89. The van der Waals surface area contributed by atoms with Gasteiger partial charge in [0.15, 0.2) is 5.76 Å². The van der Waals surface area contributed by atoms with Crippen molar-refractivity contribution in [1.82, 2.24) is 19.5 Å². The molecule has 166 valence electrons. The number of aromatic nitrogens is 3. The number of furan rings is 1. The fourth-order valence-electron chi connectivity index (χ4n) is 4.52. The molecule has 0 aliphatic carbocycles. The average Bonchev–Trinajstić information content (AvgIpc) is 3.58. The summed E-state index contributed by atoms with van der Waals surface area (Å²) < 4.78 is 12.4. The molecule has 0 fully saturated rings. The first kappa shape index (κ1) is 20.0. The van der Waals surface area contributed by atoms with Crippen LogP contribution in [0.25, 0.3) is 16.5 Å². The third kappa shape index (κ3) is 3.48. The molecule has 0 amide bonds. The Morgan fingerprint density at radius 3 is 2.76 bits per heavy atom. The SMILES string of the molecule is COc1cccc([C@H](c2sc3nc(-c4ccco4)nn3c2O)N2CCc3ccccc3C2)c1.